The van der Waals surface area contributed by atoms with Crippen molar-refractivity contribution in [2.75, 3.05) is 0 Å². The van der Waals surface area contributed by atoms with Crippen molar-refractivity contribution in [3.63, 3.8) is 0 Å². The topological polar surface area (TPSA) is 33.6 Å². The second-order valence-corrected chi connectivity index (χ2v) is 6.89. The summed E-state index contributed by atoms with van der Waals surface area (Å²) in [6, 6.07) is 7.38. The minimum Gasteiger partial charge on any atom is -0.367 e. The molecule has 0 spiro atoms. The maximum atomic E-state index is 14.5. The summed E-state index contributed by atoms with van der Waals surface area (Å²) in [5.74, 6) is 9.47. The van der Waals surface area contributed by atoms with Crippen LogP contribution in [-0.2, 0) is 6.18 Å². The van der Waals surface area contributed by atoms with E-state index in [2.05, 4.69) is 33.8 Å². The average molecular weight is 439 g/mol. The Morgan fingerprint density at radius 3 is 2.66 bits per heavy atom. The molecule has 4 aromatic rings. The van der Waals surface area contributed by atoms with Crippen LogP contribution in [0, 0.1) is 35.3 Å². The highest BCUT2D eigenvalue weighted by Gasteiger charge is 2.34. The van der Waals surface area contributed by atoms with Crippen LogP contribution in [0.4, 0.5) is 22.0 Å². The van der Waals surface area contributed by atoms with Crippen molar-refractivity contribution in [3.05, 3.63) is 89.4 Å². The molecule has 1 N–H and O–H groups in total. The van der Waals surface area contributed by atoms with Gasteiger partial charge in [-0.3, -0.25) is 4.68 Å². The SMILES string of the molecule is Fc1ccc(F)c(C(CC#CC#Cc2cc[nH]c2)n2cc3cccc(C(F)(F)F)c3n2)c1. The number of nitrogens with zero attached hydrogens (tertiary/aromatic N) is 2. The van der Waals surface area contributed by atoms with Gasteiger partial charge in [-0.2, -0.15) is 18.3 Å². The zero-order valence-corrected chi connectivity index (χ0v) is 16.3. The quantitative estimate of drug-likeness (QED) is 0.323. The van der Waals surface area contributed by atoms with Crippen molar-refractivity contribution in [3.8, 4) is 23.7 Å². The van der Waals surface area contributed by atoms with Gasteiger partial charge in [0.15, 0.2) is 0 Å². The lowest BCUT2D eigenvalue weighted by Crippen LogP contribution is -2.13. The van der Waals surface area contributed by atoms with Gasteiger partial charge < -0.3 is 4.98 Å². The van der Waals surface area contributed by atoms with Crippen LogP contribution in [0.1, 0.15) is 29.2 Å². The maximum absolute atomic E-state index is 14.5. The second kappa shape index (κ2) is 8.60. The van der Waals surface area contributed by atoms with Gasteiger partial charge in [-0.25, -0.2) is 8.78 Å². The standard InChI is InChI=1S/C24H14F5N3/c25-18-9-10-21(26)19(13-18)22(8-3-1-2-5-16-11-12-30-14-16)32-15-17-6-4-7-20(23(17)31-32)24(27,28)29/h4,6-7,9-15,22,30H,8H2. The second-order valence-electron chi connectivity index (χ2n) is 6.89. The summed E-state index contributed by atoms with van der Waals surface area (Å²) in [6.07, 6.45) is 0.112. The van der Waals surface area contributed by atoms with E-state index in [0.717, 1.165) is 29.8 Å². The number of nitrogens with one attached hydrogen (secondary N) is 1. The van der Waals surface area contributed by atoms with Gasteiger partial charge in [-0.05, 0) is 42.2 Å². The summed E-state index contributed by atoms with van der Waals surface area (Å²) in [6.45, 7) is 0. The molecule has 0 saturated carbocycles. The number of benzene rings is 2. The molecule has 0 bridgehead atoms. The van der Waals surface area contributed by atoms with Crippen LogP contribution in [-0.4, -0.2) is 14.8 Å². The highest BCUT2D eigenvalue weighted by Crippen LogP contribution is 2.35. The molecule has 0 fully saturated rings. The molecule has 0 aliphatic rings. The Balaban J connectivity index is 1.75. The van der Waals surface area contributed by atoms with E-state index in [4.69, 9.17) is 0 Å². The normalized spacial score (nSPS) is 12.0. The Kier molecular flexibility index (Phi) is 5.70. The number of hydrogen-bond acceptors (Lipinski definition) is 1. The molecule has 0 aliphatic heterocycles. The Bertz CT molecular complexity index is 1380. The lowest BCUT2D eigenvalue weighted by atomic mass is 10.0. The van der Waals surface area contributed by atoms with Crippen LogP contribution in [0.15, 0.2) is 61.1 Å². The van der Waals surface area contributed by atoms with Crippen LogP contribution < -0.4 is 0 Å². The molecule has 32 heavy (non-hydrogen) atoms. The Labute approximate surface area is 179 Å². The third-order valence-electron chi connectivity index (χ3n) is 4.75. The fourth-order valence-electron chi connectivity index (χ4n) is 3.27. The molecule has 0 amide bonds. The molecule has 160 valence electrons. The molecular weight excluding hydrogens is 425 g/mol. The van der Waals surface area contributed by atoms with E-state index >= 15 is 0 Å². The zero-order chi connectivity index (χ0) is 22.7. The molecular formula is C24H14F5N3. The summed E-state index contributed by atoms with van der Waals surface area (Å²) in [5.41, 5.74) is -0.526. The molecule has 3 nitrogen and oxygen atoms in total. The van der Waals surface area contributed by atoms with Crippen molar-refractivity contribution in [2.45, 2.75) is 18.6 Å². The number of rotatable bonds is 3. The summed E-state index contributed by atoms with van der Waals surface area (Å²) >= 11 is 0. The number of H-pyrrole nitrogens is 1. The summed E-state index contributed by atoms with van der Waals surface area (Å²) < 4.78 is 69.7. The van der Waals surface area contributed by atoms with E-state index in [1.807, 2.05) is 0 Å². The molecule has 1 unspecified atom stereocenters. The van der Waals surface area contributed by atoms with Crippen molar-refractivity contribution in [1.29, 1.82) is 0 Å². The van der Waals surface area contributed by atoms with E-state index in [1.54, 1.807) is 18.5 Å². The van der Waals surface area contributed by atoms with Crippen LogP contribution >= 0.6 is 0 Å². The van der Waals surface area contributed by atoms with Crippen LogP contribution in [0.2, 0.25) is 0 Å². The van der Waals surface area contributed by atoms with Crippen molar-refractivity contribution < 1.29 is 22.0 Å². The molecule has 4 rings (SSSR count). The number of aromatic amines is 1. The van der Waals surface area contributed by atoms with Crippen molar-refractivity contribution >= 4 is 10.9 Å². The summed E-state index contributed by atoms with van der Waals surface area (Å²) in [7, 11) is 0. The molecule has 0 radical (unpaired) electrons. The Morgan fingerprint density at radius 1 is 1.06 bits per heavy atom. The molecule has 2 aromatic carbocycles. The Hall–Kier alpha value is -4.04. The van der Waals surface area contributed by atoms with E-state index in [9.17, 15) is 22.0 Å². The van der Waals surface area contributed by atoms with Crippen LogP contribution in [0.5, 0.6) is 0 Å². The fraction of sp³-hybridized carbons (Fsp3) is 0.125. The number of fused-ring (bicyclic) bond motifs is 1. The molecule has 2 heterocycles. The van der Waals surface area contributed by atoms with Crippen LogP contribution in [0.3, 0.4) is 0 Å². The molecule has 2 aromatic heterocycles. The highest BCUT2D eigenvalue weighted by atomic mass is 19.4. The summed E-state index contributed by atoms with van der Waals surface area (Å²) in [5, 5.41) is 4.29. The maximum Gasteiger partial charge on any atom is 0.418 e. The van der Waals surface area contributed by atoms with E-state index in [1.165, 1.54) is 23.0 Å². The first-order valence-corrected chi connectivity index (χ1v) is 9.44. The predicted octanol–water partition coefficient (Wildman–Crippen LogP) is 5.70. The highest BCUT2D eigenvalue weighted by molar-refractivity contribution is 5.82. The van der Waals surface area contributed by atoms with Crippen molar-refractivity contribution in [2.24, 2.45) is 0 Å². The first kappa shape index (κ1) is 21.2. The fourth-order valence-corrected chi connectivity index (χ4v) is 3.27. The van der Waals surface area contributed by atoms with Gasteiger partial charge in [0.1, 0.15) is 17.2 Å². The predicted molar refractivity (Wildman–Crippen MR) is 109 cm³/mol. The van der Waals surface area contributed by atoms with Gasteiger partial charge in [-0.15, -0.1) is 0 Å². The lowest BCUT2D eigenvalue weighted by Gasteiger charge is -2.16. The number of halogens is 5. The molecule has 0 aliphatic carbocycles. The van der Waals surface area contributed by atoms with Crippen molar-refractivity contribution in [1.82, 2.24) is 14.8 Å². The number of hydrogen-bond donors (Lipinski definition) is 1. The lowest BCUT2D eigenvalue weighted by molar-refractivity contribution is -0.136. The Morgan fingerprint density at radius 2 is 1.91 bits per heavy atom. The van der Waals surface area contributed by atoms with Gasteiger partial charge >= 0.3 is 6.18 Å². The zero-order valence-electron chi connectivity index (χ0n) is 16.3. The van der Waals surface area contributed by atoms with E-state index < -0.39 is 29.4 Å². The van der Waals surface area contributed by atoms with E-state index in [0.29, 0.717) is 0 Å². The van der Waals surface area contributed by atoms with Gasteiger partial charge in [0.2, 0.25) is 0 Å². The first-order chi connectivity index (χ1) is 15.3. The minimum absolute atomic E-state index is 0.0441. The van der Waals surface area contributed by atoms with E-state index in [-0.39, 0.29) is 22.9 Å². The molecule has 8 heteroatoms. The smallest absolute Gasteiger partial charge is 0.367 e. The minimum atomic E-state index is -4.61. The number of aromatic nitrogens is 3. The monoisotopic (exact) mass is 439 g/mol. The number of alkyl halides is 3. The van der Waals surface area contributed by atoms with Gasteiger partial charge in [0.25, 0.3) is 0 Å². The van der Waals surface area contributed by atoms with Crippen LogP contribution in [0.25, 0.3) is 10.9 Å². The summed E-state index contributed by atoms with van der Waals surface area (Å²) in [4.78, 5) is 2.85. The largest absolute Gasteiger partial charge is 0.418 e. The average Bonchev–Trinajstić information content (AvgIpc) is 3.41. The third kappa shape index (κ3) is 4.50. The van der Waals surface area contributed by atoms with Gasteiger partial charge in [-0.1, -0.05) is 24.0 Å². The van der Waals surface area contributed by atoms with Gasteiger partial charge in [0, 0.05) is 41.5 Å². The molecule has 0 saturated heterocycles. The first-order valence-electron chi connectivity index (χ1n) is 9.44. The van der Waals surface area contributed by atoms with Gasteiger partial charge in [0.05, 0.1) is 11.6 Å². The molecule has 1 atom stereocenters. The third-order valence-corrected chi connectivity index (χ3v) is 4.75.